The van der Waals surface area contributed by atoms with Crippen molar-refractivity contribution in [2.75, 3.05) is 0 Å². The first-order valence-corrected chi connectivity index (χ1v) is 1.82. The SMILES string of the molecule is CC(=O)[O-].CC(=O)[O-].[K+].[K+]. The maximum atomic E-state index is 8.89. The van der Waals surface area contributed by atoms with E-state index in [-0.39, 0.29) is 103 Å². The van der Waals surface area contributed by atoms with Crippen LogP contribution in [0, 0.1) is 0 Å². The molecule has 0 aliphatic carbocycles. The number of rotatable bonds is 0. The standard InChI is InChI=1S/2C2H4O2.2K/c2*1-2(3)4;;/h2*1H3,(H,3,4);;/q;;2*+1/p-2. The molecule has 0 saturated heterocycles. The molecule has 0 spiro atoms. The van der Waals surface area contributed by atoms with E-state index in [1.807, 2.05) is 0 Å². The topological polar surface area (TPSA) is 80.3 Å². The van der Waals surface area contributed by atoms with E-state index in [9.17, 15) is 0 Å². The van der Waals surface area contributed by atoms with Crippen LogP contribution >= 0.6 is 0 Å². The van der Waals surface area contributed by atoms with Crippen molar-refractivity contribution in [1.29, 1.82) is 0 Å². The summed E-state index contributed by atoms with van der Waals surface area (Å²) in [5, 5.41) is 17.8. The quantitative estimate of drug-likeness (QED) is 0.360. The number of carboxylic acids is 2. The Morgan fingerprint density at radius 1 is 0.900 bits per heavy atom. The Balaban J connectivity index is -0.0000000300. The van der Waals surface area contributed by atoms with E-state index >= 15 is 0 Å². The third kappa shape index (κ3) is 177. The fraction of sp³-hybridized carbons (Fsp3) is 0.500. The van der Waals surface area contributed by atoms with E-state index in [2.05, 4.69) is 0 Å². The number of carboxylic acid groups (broad SMARTS) is 2. The van der Waals surface area contributed by atoms with Gasteiger partial charge in [0.05, 0.1) is 0 Å². The van der Waals surface area contributed by atoms with Gasteiger partial charge >= 0.3 is 103 Å². The van der Waals surface area contributed by atoms with Gasteiger partial charge < -0.3 is 19.8 Å². The number of aliphatic carboxylic acids is 2. The minimum atomic E-state index is -1.08. The predicted octanol–water partition coefficient (Wildman–Crippen LogP) is -8.48. The van der Waals surface area contributed by atoms with Crippen molar-refractivity contribution >= 4 is 11.9 Å². The van der Waals surface area contributed by atoms with E-state index in [0.29, 0.717) is 0 Å². The Morgan fingerprint density at radius 2 is 0.900 bits per heavy atom. The molecule has 0 aromatic heterocycles. The molecule has 0 bridgehead atoms. The normalized spacial score (nSPS) is 5.00. The molecular formula is C4H6K2O4. The first kappa shape index (κ1) is 22.8. The second-order valence-corrected chi connectivity index (χ2v) is 0.983. The van der Waals surface area contributed by atoms with Crippen LogP contribution in [0.2, 0.25) is 0 Å². The van der Waals surface area contributed by atoms with Crippen molar-refractivity contribution in [2.45, 2.75) is 13.8 Å². The van der Waals surface area contributed by atoms with Crippen molar-refractivity contribution in [2.24, 2.45) is 0 Å². The number of hydrogen-bond donors (Lipinski definition) is 0. The Morgan fingerprint density at radius 3 is 0.900 bits per heavy atom. The van der Waals surface area contributed by atoms with Crippen LogP contribution in [0.1, 0.15) is 13.8 Å². The van der Waals surface area contributed by atoms with Crippen LogP contribution in [0.15, 0.2) is 0 Å². The minimum absolute atomic E-state index is 0. The van der Waals surface area contributed by atoms with E-state index in [4.69, 9.17) is 19.8 Å². The molecule has 48 valence electrons. The molecule has 0 aromatic rings. The average molecular weight is 196 g/mol. The van der Waals surface area contributed by atoms with Crippen molar-refractivity contribution in [1.82, 2.24) is 0 Å². The smallest absolute Gasteiger partial charge is 0.550 e. The molecule has 0 fully saturated rings. The Kier molecular flexibility index (Phi) is 39.5. The summed E-state index contributed by atoms with van der Waals surface area (Å²) >= 11 is 0. The molecule has 0 aromatic carbocycles. The number of carbonyl (C=O) groups is 2. The van der Waals surface area contributed by atoms with Crippen LogP contribution < -0.4 is 113 Å². The van der Waals surface area contributed by atoms with Gasteiger partial charge in [0.1, 0.15) is 0 Å². The number of carbonyl (C=O) groups excluding carboxylic acids is 2. The maximum Gasteiger partial charge on any atom is 1.00 e. The fourth-order valence-corrected chi connectivity index (χ4v) is 0. The third-order valence-electron chi connectivity index (χ3n) is 0. The Hall–Kier alpha value is 2.21. The molecule has 0 N–H and O–H groups in total. The van der Waals surface area contributed by atoms with Gasteiger partial charge in [0, 0.05) is 11.9 Å². The molecule has 0 saturated carbocycles. The summed E-state index contributed by atoms with van der Waals surface area (Å²) in [5.41, 5.74) is 0. The second-order valence-electron chi connectivity index (χ2n) is 0.983. The average Bonchev–Trinajstić information content (AvgIpc) is 1.25. The molecule has 4 nitrogen and oxygen atoms in total. The van der Waals surface area contributed by atoms with Crippen molar-refractivity contribution < 1.29 is 123 Å². The van der Waals surface area contributed by atoms with Gasteiger partial charge in [-0.05, 0) is 13.8 Å². The molecule has 0 amide bonds. The predicted molar refractivity (Wildman–Crippen MR) is 21.4 cm³/mol. The Bertz CT molecular complexity index is 73.3. The molecule has 0 unspecified atom stereocenters. The first-order chi connectivity index (χ1) is 3.46. The molecule has 0 rings (SSSR count). The van der Waals surface area contributed by atoms with Gasteiger partial charge in [-0.25, -0.2) is 0 Å². The molecule has 0 radical (unpaired) electrons. The zero-order valence-corrected chi connectivity index (χ0v) is 12.9. The third-order valence-corrected chi connectivity index (χ3v) is 0. The zero-order valence-electron chi connectivity index (χ0n) is 6.63. The van der Waals surface area contributed by atoms with Crippen LogP contribution in [-0.4, -0.2) is 11.9 Å². The first-order valence-electron chi connectivity index (χ1n) is 1.82. The van der Waals surface area contributed by atoms with Gasteiger partial charge in [0.2, 0.25) is 0 Å². The minimum Gasteiger partial charge on any atom is -0.550 e. The van der Waals surface area contributed by atoms with Gasteiger partial charge in [-0.1, -0.05) is 0 Å². The van der Waals surface area contributed by atoms with Gasteiger partial charge in [0.25, 0.3) is 0 Å². The van der Waals surface area contributed by atoms with Crippen LogP contribution in [0.5, 0.6) is 0 Å². The molecule has 0 atom stereocenters. The van der Waals surface area contributed by atoms with Crippen LogP contribution in [0.25, 0.3) is 0 Å². The molecule has 6 heteroatoms. The summed E-state index contributed by atoms with van der Waals surface area (Å²) in [6.45, 7) is 1.94. The molecule has 0 aliphatic rings. The van der Waals surface area contributed by atoms with E-state index < -0.39 is 11.9 Å². The molecule has 0 heterocycles. The summed E-state index contributed by atoms with van der Waals surface area (Å²) in [4.78, 5) is 17.8. The van der Waals surface area contributed by atoms with Crippen LogP contribution in [-0.2, 0) is 9.59 Å². The van der Waals surface area contributed by atoms with Crippen LogP contribution in [0.4, 0.5) is 0 Å². The van der Waals surface area contributed by atoms with Gasteiger partial charge in [-0.15, -0.1) is 0 Å². The summed E-state index contributed by atoms with van der Waals surface area (Å²) in [6, 6.07) is 0. The van der Waals surface area contributed by atoms with Gasteiger partial charge in [-0.3, -0.25) is 0 Å². The second kappa shape index (κ2) is 17.3. The van der Waals surface area contributed by atoms with Crippen molar-refractivity contribution in [3.63, 3.8) is 0 Å². The van der Waals surface area contributed by atoms with Gasteiger partial charge in [0.15, 0.2) is 0 Å². The monoisotopic (exact) mass is 196 g/mol. The van der Waals surface area contributed by atoms with Crippen LogP contribution in [0.3, 0.4) is 0 Å². The zero-order chi connectivity index (χ0) is 7.15. The van der Waals surface area contributed by atoms with Gasteiger partial charge in [-0.2, -0.15) is 0 Å². The summed E-state index contributed by atoms with van der Waals surface area (Å²) in [5.74, 6) is -2.17. The molecule has 10 heavy (non-hydrogen) atoms. The summed E-state index contributed by atoms with van der Waals surface area (Å²) in [6.07, 6.45) is 0. The largest absolute Gasteiger partial charge is 1.00 e. The fourth-order valence-electron chi connectivity index (χ4n) is 0. The van der Waals surface area contributed by atoms with Crippen molar-refractivity contribution in [3.05, 3.63) is 0 Å². The summed E-state index contributed by atoms with van der Waals surface area (Å²) < 4.78 is 0. The van der Waals surface area contributed by atoms with Crippen molar-refractivity contribution in [3.8, 4) is 0 Å². The van der Waals surface area contributed by atoms with E-state index in [0.717, 1.165) is 13.8 Å². The molecular weight excluding hydrogens is 190 g/mol. The van der Waals surface area contributed by atoms with E-state index in [1.165, 1.54) is 0 Å². The summed E-state index contributed by atoms with van der Waals surface area (Å²) in [7, 11) is 0. The molecule has 0 aliphatic heterocycles. The number of hydrogen-bond acceptors (Lipinski definition) is 4. The maximum absolute atomic E-state index is 8.89. The Labute approximate surface area is 145 Å². The van der Waals surface area contributed by atoms with E-state index in [1.54, 1.807) is 0 Å².